The summed E-state index contributed by atoms with van der Waals surface area (Å²) in [4.78, 5) is 19.7. The average molecular weight is 527 g/mol. The highest BCUT2D eigenvalue weighted by Gasteiger charge is 2.70. The van der Waals surface area contributed by atoms with Crippen LogP contribution in [0.3, 0.4) is 0 Å². The lowest BCUT2D eigenvalue weighted by atomic mass is 9.40. The highest BCUT2D eigenvalue weighted by Crippen LogP contribution is 2.70. The number of aromatic nitrogens is 6. The van der Waals surface area contributed by atoms with Gasteiger partial charge in [-0.2, -0.15) is 5.10 Å². The zero-order valence-electron chi connectivity index (χ0n) is 22.5. The largest absolute Gasteiger partial charge is 0.370 e. The van der Waals surface area contributed by atoms with E-state index in [-0.39, 0.29) is 5.41 Å². The Balaban J connectivity index is 0.920. The fourth-order valence-electron chi connectivity index (χ4n) is 7.30. The van der Waals surface area contributed by atoms with Crippen LogP contribution in [0.2, 0.25) is 0 Å². The zero-order chi connectivity index (χ0) is 26.2. The standard InChI is InChI=1S/C30H35FN8/c1-20(29-16-30(31,17-29)18-29)33-13-23-8-21-12-34-24(10-26(21)36-23)15-39-19-35-27(37-39)22-9-25(14-32-11-22)38-6-4-28(2-3-28)5-7-38/h8-12,14,19-20,33,36H,2-7,13,15-18H2,1H3. The monoisotopic (exact) mass is 526 g/mol. The molecule has 2 N–H and O–H groups in total. The lowest BCUT2D eigenvalue weighted by molar-refractivity contribution is -0.226. The maximum atomic E-state index is 13.9. The summed E-state index contributed by atoms with van der Waals surface area (Å²) in [5, 5.41) is 9.43. The van der Waals surface area contributed by atoms with Gasteiger partial charge in [0.15, 0.2) is 5.82 Å². The van der Waals surface area contributed by atoms with Gasteiger partial charge >= 0.3 is 0 Å². The van der Waals surface area contributed by atoms with E-state index >= 15 is 0 Å². The molecule has 8 nitrogen and oxygen atoms in total. The second-order valence-electron chi connectivity index (χ2n) is 12.9. The van der Waals surface area contributed by atoms with E-state index < -0.39 is 5.67 Å². The minimum atomic E-state index is -0.850. The first-order chi connectivity index (χ1) is 18.9. The molecule has 202 valence electrons. The maximum Gasteiger partial charge on any atom is 0.182 e. The Morgan fingerprint density at radius 2 is 1.85 bits per heavy atom. The Kier molecular flexibility index (Phi) is 5.03. The highest BCUT2D eigenvalue weighted by molar-refractivity contribution is 5.79. The third-order valence-electron chi connectivity index (χ3n) is 10.1. The third-order valence-corrected chi connectivity index (χ3v) is 10.1. The topological polar surface area (TPSA) is 87.6 Å². The number of anilines is 1. The molecule has 0 aromatic carbocycles. The molecular weight excluding hydrogens is 491 g/mol. The molecule has 2 bridgehead atoms. The van der Waals surface area contributed by atoms with Gasteiger partial charge in [0.05, 0.1) is 24.1 Å². The van der Waals surface area contributed by atoms with E-state index in [0.29, 0.717) is 23.8 Å². The number of fused-ring (bicyclic) bond motifs is 1. The van der Waals surface area contributed by atoms with Gasteiger partial charge in [0, 0.05) is 60.2 Å². The maximum absolute atomic E-state index is 13.9. The quantitative estimate of drug-likeness (QED) is 0.335. The number of H-pyrrole nitrogens is 1. The molecule has 9 rings (SSSR count). The molecule has 4 saturated carbocycles. The first-order valence-electron chi connectivity index (χ1n) is 14.4. The summed E-state index contributed by atoms with van der Waals surface area (Å²) >= 11 is 0. The smallest absolute Gasteiger partial charge is 0.182 e. The lowest BCUT2D eigenvalue weighted by Gasteiger charge is -2.68. The van der Waals surface area contributed by atoms with Crippen molar-refractivity contribution in [2.75, 3.05) is 18.0 Å². The summed E-state index contributed by atoms with van der Waals surface area (Å²) in [6.45, 7) is 5.69. The molecule has 1 aliphatic heterocycles. The Bertz CT molecular complexity index is 1520. The van der Waals surface area contributed by atoms with Gasteiger partial charge in [-0.15, -0.1) is 0 Å². The van der Waals surface area contributed by atoms with Crippen LogP contribution in [-0.4, -0.2) is 54.5 Å². The summed E-state index contributed by atoms with van der Waals surface area (Å²) in [7, 11) is 0. The van der Waals surface area contributed by atoms with Crippen LogP contribution in [0.25, 0.3) is 22.3 Å². The summed E-state index contributed by atoms with van der Waals surface area (Å²) in [6.07, 6.45) is 15.1. The summed E-state index contributed by atoms with van der Waals surface area (Å²) in [5.74, 6) is 0.686. The Morgan fingerprint density at radius 1 is 1.03 bits per heavy atom. The zero-order valence-corrected chi connectivity index (χ0v) is 22.5. The van der Waals surface area contributed by atoms with Gasteiger partial charge in [-0.25, -0.2) is 14.1 Å². The van der Waals surface area contributed by atoms with Crippen LogP contribution in [0.5, 0.6) is 0 Å². The molecule has 5 aliphatic rings. The minimum Gasteiger partial charge on any atom is -0.370 e. The molecule has 0 radical (unpaired) electrons. The molecule has 4 aromatic heterocycles. The van der Waals surface area contributed by atoms with Gasteiger partial charge in [-0.1, -0.05) is 0 Å². The molecule has 39 heavy (non-hydrogen) atoms. The molecule has 1 spiro atoms. The third kappa shape index (κ3) is 4.13. The van der Waals surface area contributed by atoms with Crippen molar-refractivity contribution < 1.29 is 4.39 Å². The van der Waals surface area contributed by atoms with E-state index in [1.54, 1.807) is 6.33 Å². The van der Waals surface area contributed by atoms with Crippen molar-refractivity contribution in [1.29, 1.82) is 0 Å². The predicted octanol–water partition coefficient (Wildman–Crippen LogP) is 5.02. The van der Waals surface area contributed by atoms with Crippen molar-refractivity contribution in [1.82, 2.24) is 35.0 Å². The number of alkyl halides is 1. The molecule has 5 fully saturated rings. The van der Waals surface area contributed by atoms with Gasteiger partial charge in [-0.3, -0.25) is 9.97 Å². The van der Waals surface area contributed by atoms with Gasteiger partial charge in [-0.05, 0) is 80.9 Å². The Labute approximate surface area is 227 Å². The number of pyridine rings is 2. The molecule has 4 aliphatic carbocycles. The molecule has 1 saturated heterocycles. The van der Waals surface area contributed by atoms with E-state index in [1.165, 1.54) is 25.7 Å². The first kappa shape index (κ1) is 23.5. The van der Waals surface area contributed by atoms with E-state index in [2.05, 4.69) is 55.3 Å². The fourth-order valence-corrected chi connectivity index (χ4v) is 7.30. The van der Waals surface area contributed by atoms with E-state index in [9.17, 15) is 4.39 Å². The van der Waals surface area contributed by atoms with Crippen molar-refractivity contribution >= 4 is 16.6 Å². The van der Waals surface area contributed by atoms with Gasteiger partial charge in [0.25, 0.3) is 0 Å². The number of rotatable bonds is 8. The molecule has 4 aromatic rings. The predicted molar refractivity (Wildman–Crippen MR) is 148 cm³/mol. The number of nitrogens with one attached hydrogen (secondary N) is 2. The van der Waals surface area contributed by atoms with Crippen LogP contribution in [0.15, 0.2) is 43.1 Å². The van der Waals surface area contributed by atoms with Crippen molar-refractivity contribution in [3.63, 3.8) is 0 Å². The Hall–Kier alpha value is -3.33. The van der Waals surface area contributed by atoms with E-state index in [4.69, 9.17) is 5.10 Å². The van der Waals surface area contributed by atoms with Crippen LogP contribution >= 0.6 is 0 Å². The number of nitrogens with zero attached hydrogens (tertiary/aromatic N) is 6. The SMILES string of the molecule is CC(NCc1cc2cnc(Cn3cnc(-c4cncc(N5CCC6(CC5)CC6)c4)n3)cc2[nH]1)C12CC(F)(C1)C2. The van der Waals surface area contributed by atoms with Crippen LogP contribution in [-0.2, 0) is 13.1 Å². The normalized spacial score (nSPS) is 27.4. The summed E-state index contributed by atoms with van der Waals surface area (Å²) in [5.41, 5.74) is 5.19. The van der Waals surface area contributed by atoms with Crippen molar-refractivity contribution in [3.05, 3.63) is 54.5 Å². The highest BCUT2D eigenvalue weighted by atomic mass is 19.1. The van der Waals surface area contributed by atoms with Crippen molar-refractivity contribution in [2.45, 2.75) is 76.7 Å². The fraction of sp³-hybridized carbons (Fsp3) is 0.533. The molecule has 5 heterocycles. The second kappa shape index (κ2) is 8.34. The van der Waals surface area contributed by atoms with Crippen LogP contribution in [0, 0.1) is 10.8 Å². The van der Waals surface area contributed by atoms with Gasteiger partial charge in [0.2, 0.25) is 0 Å². The second-order valence-corrected chi connectivity index (χ2v) is 12.9. The number of aromatic amines is 1. The summed E-state index contributed by atoms with van der Waals surface area (Å²) < 4.78 is 15.8. The van der Waals surface area contributed by atoms with Crippen LogP contribution in [0.4, 0.5) is 10.1 Å². The van der Waals surface area contributed by atoms with Crippen LogP contribution in [0.1, 0.15) is 63.3 Å². The summed E-state index contributed by atoms with van der Waals surface area (Å²) in [6, 6.07) is 6.72. The molecule has 1 unspecified atom stereocenters. The molecule has 9 heteroatoms. The van der Waals surface area contributed by atoms with Crippen molar-refractivity contribution in [2.24, 2.45) is 10.8 Å². The van der Waals surface area contributed by atoms with Gasteiger partial charge in [0.1, 0.15) is 12.0 Å². The molecular formula is C30H35FN8. The number of piperidine rings is 1. The average Bonchev–Trinajstić information content (AvgIpc) is 3.31. The first-order valence-corrected chi connectivity index (χ1v) is 14.4. The lowest BCUT2D eigenvalue weighted by Crippen LogP contribution is -2.70. The molecule has 0 amide bonds. The molecule has 1 atom stereocenters. The number of hydrogen-bond acceptors (Lipinski definition) is 6. The van der Waals surface area contributed by atoms with E-state index in [0.717, 1.165) is 72.4 Å². The van der Waals surface area contributed by atoms with Crippen molar-refractivity contribution in [3.8, 4) is 11.4 Å². The van der Waals surface area contributed by atoms with Crippen LogP contribution < -0.4 is 10.2 Å². The minimum absolute atomic E-state index is 0.177. The van der Waals surface area contributed by atoms with E-state index in [1.807, 2.05) is 23.3 Å². The van der Waals surface area contributed by atoms with Gasteiger partial charge < -0.3 is 15.2 Å². The number of halogens is 1. The number of hydrogen-bond donors (Lipinski definition) is 2. The Morgan fingerprint density at radius 3 is 2.62 bits per heavy atom.